The topological polar surface area (TPSA) is 84.0 Å². The summed E-state index contributed by atoms with van der Waals surface area (Å²) < 4.78 is 1.65. The Bertz CT molecular complexity index is 538. The van der Waals surface area contributed by atoms with Crippen molar-refractivity contribution in [2.75, 3.05) is 11.5 Å². The lowest BCUT2D eigenvalue weighted by Gasteiger charge is -2.29. The van der Waals surface area contributed by atoms with Crippen LogP contribution in [-0.2, 0) is 4.79 Å². The molecule has 0 bridgehead atoms. The van der Waals surface area contributed by atoms with Crippen LogP contribution in [0.1, 0.15) is 39.5 Å². The SMILES string of the molecule is CCSc1nnc(SCC(=O)NC(=O)NC2CCCCC2C)s1. The second kappa shape index (κ2) is 9.48. The van der Waals surface area contributed by atoms with Crippen molar-refractivity contribution in [1.29, 1.82) is 0 Å². The lowest BCUT2D eigenvalue weighted by Crippen LogP contribution is -2.48. The largest absolute Gasteiger partial charge is 0.335 e. The predicted octanol–water partition coefficient (Wildman–Crippen LogP) is 3.15. The van der Waals surface area contributed by atoms with Crippen molar-refractivity contribution in [3.8, 4) is 0 Å². The fourth-order valence-corrected chi connectivity index (χ4v) is 5.18. The summed E-state index contributed by atoms with van der Waals surface area (Å²) in [6.45, 7) is 4.20. The van der Waals surface area contributed by atoms with Gasteiger partial charge in [-0.15, -0.1) is 10.2 Å². The molecule has 9 heteroatoms. The molecule has 128 valence electrons. The fraction of sp³-hybridized carbons (Fsp3) is 0.714. The first-order valence-corrected chi connectivity index (χ1v) is 10.6. The van der Waals surface area contributed by atoms with E-state index in [0.29, 0.717) is 5.92 Å². The Morgan fingerprint density at radius 1 is 1.22 bits per heavy atom. The molecule has 23 heavy (non-hydrogen) atoms. The van der Waals surface area contributed by atoms with E-state index in [1.165, 1.54) is 29.5 Å². The maximum atomic E-state index is 11.9. The van der Waals surface area contributed by atoms with Gasteiger partial charge in [0.05, 0.1) is 5.75 Å². The van der Waals surface area contributed by atoms with Gasteiger partial charge in [0.1, 0.15) is 0 Å². The maximum Gasteiger partial charge on any atom is 0.321 e. The summed E-state index contributed by atoms with van der Waals surface area (Å²) >= 11 is 4.40. The molecule has 3 amide bonds. The molecule has 0 aliphatic heterocycles. The summed E-state index contributed by atoms with van der Waals surface area (Å²) in [5, 5.41) is 13.4. The van der Waals surface area contributed by atoms with Crippen LogP contribution in [0.2, 0.25) is 0 Å². The number of amides is 3. The minimum absolute atomic E-state index is 0.166. The highest BCUT2D eigenvalue weighted by Crippen LogP contribution is 2.28. The molecule has 2 N–H and O–H groups in total. The smallest absolute Gasteiger partial charge is 0.321 e. The summed E-state index contributed by atoms with van der Waals surface area (Å²) in [7, 11) is 0. The van der Waals surface area contributed by atoms with E-state index in [9.17, 15) is 9.59 Å². The van der Waals surface area contributed by atoms with E-state index in [2.05, 4.69) is 34.7 Å². The molecule has 1 saturated carbocycles. The van der Waals surface area contributed by atoms with Gasteiger partial charge >= 0.3 is 6.03 Å². The fourth-order valence-electron chi connectivity index (χ4n) is 2.46. The van der Waals surface area contributed by atoms with Crippen LogP contribution in [0.3, 0.4) is 0 Å². The summed E-state index contributed by atoms with van der Waals surface area (Å²) in [6.07, 6.45) is 4.47. The van der Waals surface area contributed by atoms with E-state index in [1.807, 2.05) is 0 Å². The Morgan fingerprint density at radius 3 is 2.61 bits per heavy atom. The van der Waals surface area contributed by atoms with Crippen LogP contribution in [0.5, 0.6) is 0 Å². The highest BCUT2D eigenvalue weighted by molar-refractivity contribution is 8.03. The van der Waals surface area contributed by atoms with Crippen LogP contribution in [0.15, 0.2) is 8.68 Å². The van der Waals surface area contributed by atoms with E-state index in [4.69, 9.17) is 0 Å². The number of hydrogen-bond acceptors (Lipinski definition) is 7. The number of hydrogen-bond donors (Lipinski definition) is 2. The molecule has 2 unspecified atom stereocenters. The minimum atomic E-state index is -0.395. The quantitative estimate of drug-likeness (QED) is 0.744. The summed E-state index contributed by atoms with van der Waals surface area (Å²) in [5.41, 5.74) is 0. The van der Waals surface area contributed by atoms with Crippen LogP contribution < -0.4 is 10.6 Å². The number of rotatable bonds is 6. The van der Waals surface area contributed by atoms with Gasteiger partial charge in [-0.25, -0.2) is 4.79 Å². The first kappa shape index (κ1) is 18.5. The van der Waals surface area contributed by atoms with Crippen LogP contribution in [-0.4, -0.2) is 39.7 Å². The summed E-state index contributed by atoms with van der Waals surface area (Å²) in [5.74, 6) is 1.27. The van der Waals surface area contributed by atoms with Gasteiger partial charge in [0, 0.05) is 6.04 Å². The summed E-state index contributed by atoms with van der Waals surface area (Å²) in [6, 6.07) is -0.227. The summed E-state index contributed by atoms with van der Waals surface area (Å²) in [4.78, 5) is 23.7. The van der Waals surface area contributed by atoms with Gasteiger partial charge in [0.2, 0.25) is 5.91 Å². The monoisotopic (exact) mass is 374 g/mol. The van der Waals surface area contributed by atoms with Crippen LogP contribution >= 0.6 is 34.9 Å². The van der Waals surface area contributed by atoms with E-state index >= 15 is 0 Å². The van der Waals surface area contributed by atoms with Gasteiger partial charge in [-0.05, 0) is 24.5 Å². The van der Waals surface area contributed by atoms with E-state index in [1.54, 1.807) is 11.8 Å². The van der Waals surface area contributed by atoms with E-state index < -0.39 is 6.03 Å². The third kappa shape index (κ3) is 6.31. The van der Waals surface area contributed by atoms with Crippen molar-refractivity contribution in [3.05, 3.63) is 0 Å². The van der Waals surface area contributed by atoms with Crippen molar-refractivity contribution < 1.29 is 9.59 Å². The van der Waals surface area contributed by atoms with Crippen LogP contribution in [0.25, 0.3) is 0 Å². The molecular weight excluding hydrogens is 352 g/mol. The Kier molecular flexibility index (Phi) is 7.64. The Morgan fingerprint density at radius 2 is 1.91 bits per heavy atom. The van der Waals surface area contributed by atoms with Gasteiger partial charge in [-0.2, -0.15) is 0 Å². The zero-order chi connectivity index (χ0) is 16.7. The number of nitrogens with zero attached hydrogens (tertiary/aromatic N) is 2. The number of nitrogens with one attached hydrogen (secondary N) is 2. The van der Waals surface area contributed by atoms with Crippen molar-refractivity contribution in [1.82, 2.24) is 20.8 Å². The molecule has 1 fully saturated rings. The Hall–Kier alpha value is -0.800. The average molecular weight is 375 g/mol. The molecule has 2 rings (SSSR count). The van der Waals surface area contributed by atoms with Crippen molar-refractivity contribution >= 4 is 46.8 Å². The molecule has 1 heterocycles. The van der Waals surface area contributed by atoms with Crippen molar-refractivity contribution in [2.24, 2.45) is 5.92 Å². The standard InChI is InChI=1S/C14H22N4O2S3/c1-3-21-13-17-18-14(23-13)22-8-11(19)16-12(20)15-10-7-5-4-6-9(10)2/h9-10H,3-8H2,1-2H3,(H2,15,16,19,20). The highest BCUT2D eigenvalue weighted by atomic mass is 32.2. The second-order valence-electron chi connectivity index (χ2n) is 5.45. The number of aromatic nitrogens is 2. The third-order valence-electron chi connectivity index (χ3n) is 3.66. The Labute approximate surface area is 149 Å². The van der Waals surface area contributed by atoms with E-state index in [-0.39, 0.29) is 17.7 Å². The molecule has 1 aliphatic rings. The van der Waals surface area contributed by atoms with Crippen molar-refractivity contribution in [2.45, 2.75) is 54.3 Å². The van der Waals surface area contributed by atoms with Crippen molar-refractivity contribution in [3.63, 3.8) is 0 Å². The second-order valence-corrected chi connectivity index (χ2v) is 9.16. The molecule has 1 aromatic heterocycles. The van der Waals surface area contributed by atoms with Gasteiger partial charge < -0.3 is 5.32 Å². The lowest BCUT2D eigenvalue weighted by atomic mass is 9.86. The molecule has 2 atom stereocenters. The number of carbonyl (C=O) groups is 2. The number of carbonyl (C=O) groups excluding carboxylic acids is 2. The van der Waals surface area contributed by atoms with Gasteiger partial charge in [-0.1, -0.05) is 61.5 Å². The van der Waals surface area contributed by atoms with E-state index in [0.717, 1.165) is 33.7 Å². The maximum absolute atomic E-state index is 11.9. The Balaban J connectivity index is 1.70. The molecular formula is C14H22N4O2S3. The minimum Gasteiger partial charge on any atom is -0.335 e. The highest BCUT2D eigenvalue weighted by Gasteiger charge is 2.23. The molecule has 0 saturated heterocycles. The number of urea groups is 1. The van der Waals surface area contributed by atoms with Gasteiger partial charge in [0.25, 0.3) is 0 Å². The van der Waals surface area contributed by atoms with Crippen LogP contribution in [0, 0.1) is 5.92 Å². The number of thioether (sulfide) groups is 2. The zero-order valence-electron chi connectivity index (χ0n) is 13.3. The molecule has 0 spiro atoms. The third-order valence-corrected chi connectivity index (χ3v) is 6.74. The van der Waals surface area contributed by atoms with Crippen LogP contribution in [0.4, 0.5) is 4.79 Å². The average Bonchev–Trinajstić information content (AvgIpc) is 2.96. The molecule has 0 radical (unpaired) electrons. The molecule has 6 nitrogen and oxygen atoms in total. The molecule has 1 aliphatic carbocycles. The predicted molar refractivity (Wildman–Crippen MR) is 95.1 cm³/mol. The lowest BCUT2D eigenvalue weighted by molar-refractivity contribution is -0.117. The molecule has 0 aromatic carbocycles. The first-order chi connectivity index (χ1) is 11.1. The molecule has 1 aromatic rings. The van der Waals surface area contributed by atoms with Gasteiger partial charge in [-0.3, -0.25) is 10.1 Å². The zero-order valence-corrected chi connectivity index (χ0v) is 15.8. The first-order valence-electron chi connectivity index (χ1n) is 7.78. The van der Waals surface area contributed by atoms with Gasteiger partial charge in [0.15, 0.2) is 8.68 Å². The number of imide groups is 1. The normalized spacial score (nSPS) is 21.0.